The molecule has 1 aromatic carbocycles. The Bertz CT molecular complexity index is 1020. The molecule has 7 nitrogen and oxygen atoms in total. The second-order valence-electron chi connectivity index (χ2n) is 9.02. The largest absolute Gasteiger partial charge is 0.497 e. The van der Waals surface area contributed by atoms with Crippen LogP contribution in [0.15, 0.2) is 23.0 Å². The maximum atomic E-state index is 13.1. The number of amides is 1. The summed E-state index contributed by atoms with van der Waals surface area (Å²) in [5.41, 5.74) is 4.70. The fourth-order valence-electron chi connectivity index (χ4n) is 4.71. The molecule has 0 spiro atoms. The van der Waals surface area contributed by atoms with Crippen molar-refractivity contribution in [2.24, 2.45) is 0 Å². The Kier molecular flexibility index (Phi) is 10.6. The number of aromatic amines is 1. The highest BCUT2D eigenvalue weighted by molar-refractivity contribution is 5.97. The average Bonchev–Trinajstić information content (AvgIpc) is 2.81. The lowest BCUT2D eigenvalue weighted by Crippen LogP contribution is -2.37. The first-order chi connectivity index (χ1) is 16.3. The summed E-state index contributed by atoms with van der Waals surface area (Å²) >= 11 is 0. The van der Waals surface area contributed by atoms with Gasteiger partial charge in [-0.3, -0.25) is 9.59 Å². The Morgan fingerprint density at radius 2 is 1.79 bits per heavy atom. The number of rotatable bonds is 7. The third kappa shape index (κ3) is 6.86. The first-order valence-electron chi connectivity index (χ1n) is 12.3. The molecular weight excluding hydrogens is 428 g/mol. The van der Waals surface area contributed by atoms with Crippen LogP contribution >= 0.6 is 0 Å². The number of H-pyrrole nitrogens is 1. The topological polar surface area (TPSA) is 86.5 Å². The van der Waals surface area contributed by atoms with E-state index in [4.69, 9.17) is 4.74 Å². The average molecular weight is 475 g/mol. The van der Waals surface area contributed by atoms with Crippen molar-refractivity contribution in [3.05, 3.63) is 56.5 Å². The minimum atomic E-state index is -0.197. The van der Waals surface area contributed by atoms with Crippen LogP contribution in [0.4, 0.5) is 5.69 Å². The van der Waals surface area contributed by atoms with E-state index in [-0.39, 0.29) is 20.9 Å². The first-order valence-corrected chi connectivity index (χ1v) is 12.3. The van der Waals surface area contributed by atoms with Crippen LogP contribution < -0.4 is 25.8 Å². The molecule has 1 heterocycles. The number of pyridine rings is 1. The van der Waals surface area contributed by atoms with Crippen LogP contribution in [-0.4, -0.2) is 44.7 Å². The van der Waals surface area contributed by atoms with Gasteiger partial charge in [0.25, 0.3) is 11.5 Å². The van der Waals surface area contributed by atoms with Crippen molar-refractivity contribution in [3.8, 4) is 5.75 Å². The van der Waals surface area contributed by atoms with Crippen molar-refractivity contribution in [2.45, 2.75) is 72.4 Å². The second-order valence-corrected chi connectivity index (χ2v) is 9.02. The number of carbonyl (C=O) groups is 1. The maximum Gasteiger partial charge on any atom is 0.253 e. The highest BCUT2D eigenvalue weighted by Gasteiger charge is 2.24. The third-order valence-corrected chi connectivity index (χ3v) is 6.42. The Labute approximate surface area is 207 Å². The van der Waals surface area contributed by atoms with Gasteiger partial charge in [-0.1, -0.05) is 19.3 Å². The van der Waals surface area contributed by atoms with Crippen molar-refractivity contribution in [1.29, 1.82) is 0 Å². The standard InChI is InChI=1S/C25H35N3O3.C2H7N.2H2/c1-6-28(19-10-8-7-9-11-19)23-14-20(31-5)13-21(18(23)4)24(29)26-15-22-16(2)12-17(3)27-25(22)30;1-3-2;;/h12-14,19H,6-11,15H2,1-5H3,(H,26,29)(H,27,30);3H,1-2H3;2*1H. The van der Waals surface area contributed by atoms with Crippen LogP contribution in [0.5, 0.6) is 5.75 Å². The van der Waals surface area contributed by atoms with Crippen molar-refractivity contribution < 1.29 is 12.4 Å². The number of benzene rings is 1. The van der Waals surface area contributed by atoms with Gasteiger partial charge >= 0.3 is 0 Å². The summed E-state index contributed by atoms with van der Waals surface area (Å²) < 4.78 is 5.54. The van der Waals surface area contributed by atoms with Crippen LogP contribution in [0, 0.1) is 20.8 Å². The lowest BCUT2D eigenvalue weighted by atomic mass is 9.93. The van der Waals surface area contributed by atoms with Crippen molar-refractivity contribution in [1.82, 2.24) is 15.6 Å². The van der Waals surface area contributed by atoms with E-state index < -0.39 is 0 Å². The van der Waals surface area contributed by atoms with Crippen molar-refractivity contribution in [3.63, 3.8) is 0 Å². The number of anilines is 1. The van der Waals surface area contributed by atoms with E-state index in [2.05, 4.69) is 27.4 Å². The van der Waals surface area contributed by atoms with E-state index in [0.717, 1.165) is 29.1 Å². The summed E-state index contributed by atoms with van der Waals surface area (Å²) in [6.07, 6.45) is 6.17. The number of ether oxygens (including phenoxy) is 1. The summed E-state index contributed by atoms with van der Waals surface area (Å²) in [5.74, 6) is 0.473. The van der Waals surface area contributed by atoms with E-state index >= 15 is 0 Å². The molecule has 1 aliphatic rings. The zero-order valence-corrected chi connectivity index (χ0v) is 21.9. The highest BCUT2D eigenvalue weighted by Crippen LogP contribution is 2.34. The molecule has 3 rings (SSSR count). The lowest BCUT2D eigenvalue weighted by molar-refractivity contribution is 0.0949. The molecule has 0 bridgehead atoms. The fraction of sp³-hybridized carbons (Fsp3) is 0.556. The maximum absolute atomic E-state index is 13.1. The van der Waals surface area contributed by atoms with E-state index in [1.54, 1.807) is 13.2 Å². The molecule has 0 radical (unpaired) electrons. The molecule has 1 amide bonds. The van der Waals surface area contributed by atoms with Gasteiger partial charge in [0.2, 0.25) is 0 Å². The number of carbonyl (C=O) groups excluding carboxylic acids is 1. The number of nitrogens with zero attached hydrogens (tertiary/aromatic N) is 1. The minimum Gasteiger partial charge on any atom is -0.497 e. The number of hydrogen-bond acceptors (Lipinski definition) is 5. The molecule has 0 saturated heterocycles. The molecule has 1 fully saturated rings. The number of nitrogens with one attached hydrogen (secondary N) is 3. The van der Waals surface area contributed by atoms with E-state index in [1.165, 1.54) is 32.1 Å². The summed E-state index contributed by atoms with van der Waals surface area (Å²) in [5, 5.41) is 5.69. The Hall–Kier alpha value is -2.80. The number of hydrogen-bond donors (Lipinski definition) is 3. The smallest absolute Gasteiger partial charge is 0.253 e. The zero-order chi connectivity index (χ0) is 25.3. The molecule has 1 aromatic heterocycles. The van der Waals surface area contributed by atoms with Gasteiger partial charge in [0.1, 0.15) is 5.75 Å². The van der Waals surface area contributed by atoms with E-state index in [9.17, 15) is 9.59 Å². The molecule has 192 valence electrons. The van der Waals surface area contributed by atoms with Crippen LogP contribution in [0.1, 0.15) is 74.6 Å². The van der Waals surface area contributed by atoms with Gasteiger partial charge in [0, 0.05) is 50.6 Å². The molecular formula is C27H46N4O3. The van der Waals surface area contributed by atoms with Gasteiger partial charge in [0.05, 0.1) is 7.11 Å². The highest BCUT2D eigenvalue weighted by atomic mass is 16.5. The van der Waals surface area contributed by atoms with Crippen molar-refractivity contribution >= 4 is 11.6 Å². The van der Waals surface area contributed by atoms with Crippen LogP contribution in [0.2, 0.25) is 0 Å². The summed E-state index contributed by atoms with van der Waals surface area (Å²) in [4.78, 5) is 30.7. The van der Waals surface area contributed by atoms with E-state index in [0.29, 0.717) is 22.9 Å². The van der Waals surface area contributed by atoms with Gasteiger partial charge in [-0.15, -0.1) is 0 Å². The van der Waals surface area contributed by atoms with Gasteiger partial charge in [-0.2, -0.15) is 0 Å². The molecule has 2 aromatic rings. The van der Waals surface area contributed by atoms with Gasteiger partial charge in [-0.05, 0) is 77.9 Å². The normalized spacial score (nSPS) is 13.6. The molecule has 3 N–H and O–H groups in total. The Morgan fingerprint density at radius 3 is 2.35 bits per heavy atom. The van der Waals surface area contributed by atoms with E-state index in [1.807, 2.05) is 47.0 Å². The van der Waals surface area contributed by atoms with Gasteiger partial charge in [0.15, 0.2) is 0 Å². The zero-order valence-electron chi connectivity index (χ0n) is 21.9. The second kappa shape index (κ2) is 13.2. The number of methoxy groups -OCH3 is 1. The van der Waals surface area contributed by atoms with Gasteiger partial charge in [-0.25, -0.2) is 0 Å². The predicted molar refractivity (Wildman–Crippen MR) is 145 cm³/mol. The molecule has 0 unspecified atom stereocenters. The van der Waals surface area contributed by atoms with Gasteiger partial charge < -0.3 is 25.3 Å². The Balaban J connectivity index is 0.00000233. The summed E-state index contributed by atoms with van der Waals surface area (Å²) in [7, 11) is 5.38. The van der Waals surface area contributed by atoms with Crippen LogP contribution in [-0.2, 0) is 6.54 Å². The fourth-order valence-corrected chi connectivity index (χ4v) is 4.71. The number of aryl methyl sites for hydroxylation is 2. The molecule has 0 atom stereocenters. The molecule has 1 aliphatic carbocycles. The monoisotopic (exact) mass is 474 g/mol. The van der Waals surface area contributed by atoms with Crippen molar-refractivity contribution in [2.75, 3.05) is 32.6 Å². The molecule has 1 saturated carbocycles. The lowest BCUT2D eigenvalue weighted by Gasteiger charge is -2.37. The third-order valence-electron chi connectivity index (χ3n) is 6.42. The quantitative estimate of drug-likeness (QED) is 0.540. The molecule has 0 aliphatic heterocycles. The van der Waals surface area contributed by atoms with Crippen LogP contribution in [0.25, 0.3) is 0 Å². The molecule has 34 heavy (non-hydrogen) atoms. The predicted octanol–water partition coefficient (Wildman–Crippen LogP) is 4.73. The summed E-state index contributed by atoms with van der Waals surface area (Å²) in [6.45, 7) is 8.98. The SMILES string of the molecule is CCN(c1cc(OC)cc(C(=O)NCc2c(C)cc(C)[nH]c2=O)c1C)C1CCCCC1.CNC.[HH].[HH]. The minimum absolute atomic E-state index is 0. The molecule has 7 heteroatoms. The summed E-state index contributed by atoms with van der Waals surface area (Å²) in [6, 6.07) is 6.24. The first kappa shape index (κ1) is 27.4. The van der Waals surface area contributed by atoms with Crippen LogP contribution in [0.3, 0.4) is 0 Å². The Morgan fingerprint density at radius 1 is 1.15 bits per heavy atom. The number of aromatic nitrogens is 1.